The van der Waals surface area contributed by atoms with E-state index in [4.69, 9.17) is 0 Å². The van der Waals surface area contributed by atoms with Gasteiger partial charge in [0.15, 0.2) is 5.96 Å². The van der Waals surface area contributed by atoms with Crippen molar-refractivity contribution in [2.24, 2.45) is 4.99 Å². The van der Waals surface area contributed by atoms with Crippen LogP contribution in [0.1, 0.15) is 29.2 Å². The Bertz CT molecular complexity index is 868. The zero-order chi connectivity index (χ0) is 19.1. The summed E-state index contributed by atoms with van der Waals surface area (Å²) in [6.45, 7) is 6.80. The highest BCUT2D eigenvalue weighted by atomic mass is 127. The van der Waals surface area contributed by atoms with Crippen LogP contribution in [0.15, 0.2) is 35.3 Å². The summed E-state index contributed by atoms with van der Waals surface area (Å²) in [5, 5.41) is 12.4. The van der Waals surface area contributed by atoms with E-state index in [2.05, 4.69) is 61.6 Å². The number of aromatic nitrogens is 3. The molecule has 0 aliphatic heterocycles. The van der Waals surface area contributed by atoms with Gasteiger partial charge >= 0.3 is 0 Å². The molecule has 0 unspecified atom stereocenters. The molecular formula is C20H29IN6S. The lowest BCUT2D eigenvalue weighted by Gasteiger charge is -2.12. The lowest BCUT2D eigenvalue weighted by Crippen LogP contribution is -2.38. The van der Waals surface area contributed by atoms with Gasteiger partial charge in [-0.05, 0) is 44.9 Å². The topological polar surface area (TPSA) is 67.1 Å². The number of nitrogens with one attached hydrogen (secondary N) is 2. The number of thiazole rings is 1. The van der Waals surface area contributed by atoms with Crippen LogP contribution in [-0.2, 0) is 13.0 Å². The van der Waals surface area contributed by atoms with E-state index in [0.29, 0.717) is 0 Å². The van der Waals surface area contributed by atoms with Gasteiger partial charge in [-0.1, -0.05) is 12.1 Å². The number of guanidine groups is 1. The van der Waals surface area contributed by atoms with Crippen molar-refractivity contribution in [1.82, 2.24) is 25.4 Å². The SMILES string of the molecule is CN=C(NCCCc1nc2ccccc2s1)NCCCn1nc(C)cc1C.I. The molecule has 2 heterocycles. The molecule has 28 heavy (non-hydrogen) atoms. The molecule has 6 nitrogen and oxygen atoms in total. The van der Waals surface area contributed by atoms with E-state index in [0.717, 1.165) is 56.1 Å². The van der Waals surface area contributed by atoms with Crippen molar-refractivity contribution in [3.05, 3.63) is 46.7 Å². The average molecular weight is 512 g/mol. The minimum Gasteiger partial charge on any atom is -0.356 e. The van der Waals surface area contributed by atoms with Gasteiger partial charge in [0.1, 0.15) is 0 Å². The summed E-state index contributed by atoms with van der Waals surface area (Å²) in [5.74, 6) is 0.854. The lowest BCUT2D eigenvalue weighted by atomic mass is 10.3. The molecule has 8 heteroatoms. The van der Waals surface area contributed by atoms with Crippen LogP contribution in [0.25, 0.3) is 10.2 Å². The van der Waals surface area contributed by atoms with Crippen molar-refractivity contribution in [1.29, 1.82) is 0 Å². The molecule has 0 amide bonds. The van der Waals surface area contributed by atoms with Gasteiger partial charge in [0.2, 0.25) is 0 Å². The summed E-state index contributed by atoms with van der Waals surface area (Å²) in [7, 11) is 1.81. The van der Waals surface area contributed by atoms with Crippen LogP contribution in [0.2, 0.25) is 0 Å². The molecule has 0 aliphatic carbocycles. The van der Waals surface area contributed by atoms with Gasteiger partial charge < -0.3 is 10.6 Å². The van der Waals surface area contributed by atoms with Crippen LogP contribution in [0, 0.1) is 13.8 Å². The van der Waals surface area contributed by atoms with Crippen molar-refractivity contribution < 1.29 is 0 Å². The summed E-state index contributed by atoms with van der Waals surface area (Å²) in [5.41, 5.74) is 3.39. The molecule has 0 fully saturated rings. The maximum Gasteiger partial charge on any atom is 0.190 e. The first-order valence-electron chi connectivity index (χ1n) is 9.46. The molecule has 2 N–H and O–H groups in total. The molecular weight excluding hydrogens is 483 g/mol. The molecule has 3 rings (SSSR count). The zero-order valence-electron chi connectivity index (χ0n) is 16.7. The highest BCUT2D eigenvalue weighted by molar-refractivity contribution is 14.0. The third kappa shape index (κ3) is 6.44. The third-order valence-electron chi connectivity index (χ3n) is 4.36. The van der Waals surface area contributed by atoms with Gasteiger partial charge in [-0.25, -0.2) is 4.98 Å². The molecule has 1 aromatic carbocycles. The molecule has 3 aromatic rings. The molecule has 0 atom stereocenters. The maximum atomic E-state index is 4.68. The van der Waals surface area contributed by atoms with E-state index in [-0.39, 0.29) is 24.0 Å². The molecule has 0 bridgehead atoms. The van der Waals surface area contributed by atoms with Crippen LogP contribution in [-0.4, -0.2) is 40.9 Å². The number of aryl methyl sites for hydroxylation is 4. The number of benzene rings is 1. The minimum absolute atomic E-state index is 0. The van der Waals surface area contributed by atoms with Crippen LogP contribution in [0.4, 0.5) is 0 Å². The summed E-state index contributed by atoms with van der Waals surface area (Å²) < 4.78 is 3.33. The number of aliphatic imine (C=N–C) groups is 1. The second-order valence-corrected chi connectivity index (χ2v) is 7.72. The quantitative estimate of drug-likeness (QED) is 0.208. The van der Waals surface area contributed by atoms with Crippen LogP contribution in [0.5, 0.6) is 0 Å². The number of para-hydroxylation sites is 1. The van der Waals surface area contributed by atoms with Crippen LogP contribution >= 0.6 is 35.3 Å². The zero-order valence-corrected chi connectivity index (χ0v) is 19.9. The van der Waals surface area contributed by atoms with Crippen LogP contribution < -0.4 is 10.6 Å². The normalized spacial score (nSPS) is 11.5. The molecule has 0 saturated heterocycles. The number of hydrogen-bond acceptors (Lipinski definition) is 4. The van der Waals surface area contributed by atoms with Crippen molar-refractivity contribution in [2.75, 3.05) is 20.1 Å². The Morgan fingerprint density at radius 3 is 2.57 bits per heavy atom. The molecule has 0 saturated carbocycles. The van der Waals surface area contributed by atoms with E-state index in [1.54, 1.807) is 11.3 Å². The Labute approximate surface area is 187 Å². The predicted octanol–water partition coefficient (Wildman–Crippen LogP) is 3.92. The molecule has 0 spiro atoms. The van der Waals surface area contributed by atoms with Gasteiger partial charge in [0.25, 0.3) is 0 Å². The summed E-state index contributed by atoms with van der Waals surface area (Å²) in [4.78, 5) is 8.98. The molecule has 0 radical (unpaired) electrons. The van der Waals surface area contributed by atoms with E-state index in [1.165, 1.54) is 15.4 Å². The highest BCUT2D eigenvalue weighted by Crippen LogP contribution is 2.22. The number of fused-ring (bicyclic) bond motifs is 1. The lowest BCUT2D eigenvalue weighted by molar-refractivity contribution is 0.555. The summed E-state index contributed by atoms with van der Waals surface area (Å²) in [6, 6.07) is 10.4. The maximum absolute atomic E-state index is 4.68. The van der Waals surface area contributed by atoms with E-state index in [1.807, 2.05) is 20.0 Å². The molecule has 152 valence electrons. The Kier molecular flexibility index (Phi) is 9.17. The number of nitrogens with zero attached hydrogens (tertiary/aromatic N) is 4. The van der Waals surface area contributed by atoms with Gasteiger partial charge in [-0.3, -0.25) is 9.67 Å². The van der Waals surface area contributed by atoms with Gasteiger partial charge in [0.05, 0.1) is 20.9 Å². The minimum atomic E-state index is 0. The fourth-order valence-electron chi connectivity index (χ4n) is 3.03. The van der Waals surface area contributed by atoms with Crippen molar-refractivity contribution >= 4 is 51.5 Å². The third-order valence-corrected chi connectivity index (χ3v) is 5.46. The average Bonchev–Trinajstić information content (AvgIpc) is 3.22. The number of halogens is 1. The summed E-state index contributed by atoms with van der Waals surface area (Å²) >= 11 is 1.79. The first-order valence-corrected chi connectivity index (χ1v) is 10.3. The fourth-order valence-corrected chi connectivity index (χ4v) is 4.04. The highest BCUT2D eigenvalue weighted by Gasteiger charge is 2.04. The second-order valence-electron chi connectivity index (χ2n) is 6.61. The van der Waals surface area contributed by atoms with Crippen molar-refractivity contribution in [3.8, 4) is 0 Å². The van der Waals surface area contributed by atoms with Crippen molar-refractivity contribution in [3.63, 3.8) is 0 Å². The fraction of sp³-hybridized carbons (Fsp3) is 0.450. The van der Waals surface area contributed by atoms with Gasteiger partial charge in [-0.15, -0.1) is 35.3 Å². The molecule has 2 aromatic heterocycles. The summed E-state index contributed by atoms with van der Waals surface area (Å²) in [6.07, 6.45) is 3.03. The van der Waals surface area contributed by atoms with Gasteiger partial charge in [-0.2, -0.15) is 5.10 Å². The second kappa shape index (κ2) is 11.4. The van der Waals surface area contributed by atoms with Crippen LogP contribution in [0.3, 0.4) is 0 Å². The van der Waals surface area contributed by atoms with Gasteiger partial charge in [0, 0.05) is 38.8 Å². The largest absolute Gasteiger partial charge is 0.356 e. The smallest absolute Gasteiger partial charge is 0.190 e. The van der Waals surface area contributed by atoms with Crippen molar-refractivity contribution in [2.45, 2.75) is 39.7 Å². The first kappa shape index (κ1) is 22.6. The Hall–Kier alpha value is -1.68. The predicted molar refractivity (Wildman–Crippen MR) is 129 cm³/mol. The monoisotopic (exact) mass is 512 g/mol. The Morgan fingerprint density at radius 2 is 1.89 bits per heavy atom. The Morgan fingerprint density at radius 1 is 1.14 bits per heavy atom. The Balaban J connectivity index is 0.00000280. The molecule has 0 aliphatic rings. The van der Waals surface area contributed by atoms with E-state index in [9.17, 15) is 0 Å². The van der Waals surface area contributed by atoms with E-state index >= 15 is 0 Å². The number of hydrogen-bond donors (Lipinski definition) is 2. The first-order chi connectivity index (χ1) is 13.2. The standard InChI is InChI=1S/C20H28N6S.HI/c1-15-14-16(2)26(25-15)13-7-12-23-20(21-3)22-11-6-10-19-24-17-8-4-5-9-18(17)27-19;/h4-5,8-9,14H,6-7,10-13H2,1-3H3,(H2,21,22,23);1H. The number of rotatable bonds is 8. The van der Waals surface area contributed by atoms with E-state index < -0.39 is 0 Å².